The normalized spacial score (nSPS) is 10.8. The maximum absolute atomic E-state index is 13.4. The molecular weight excluding hydrogens is 247 g/mol. The number of rotatable bonds is 1. The van der Waals surface area contributed by atoms with Crippen LogP contribution in [0.5, 0.6) is 0 Å². The number of aliphatic imine (C=N–C) groups is 2. The predicted octanol–water partition coefficient (Wildman–Crippen LogP) is 0.570. The Kier molecular flexibility index (Phi) is 3.85. The zero-order valence-electron chi connectivity index (χ0n) is 8.48. The molecule has 0 aliphatic heterocycles. The maximum atomic E-state index is 13.4. The summed E-state index contributed by atoms with van der Waals surface area (Å²) in [6.45, 7) is 0. The average molecular weight is 255 g/mol. The molecule has 0 aromatic heterocycles. The van der Waals surface area contributed by atoms with Gasteiger partial charge in [-0.3, -0.25) is 0 Å². The summed E-state index contributed by atoms with van der Waals surface area (Å²) in [6.07, 6.45) is 0. The van der Waals surface area contributed by atoms with Crippen LogP contribution in [0, 0.1) is 17.1 Å². The number of nitrogens with two attached hydrogens (primary N) is 3. The standard InChI is InChI=1S/C9H8ClFN6/c10-5-1-2-6(4(3-12)7(5)11)16-9(15)17-8(13)14/h1-2H,(H6,13,14,15,16,17). The van der Waals surface area contributed by atoms with Gasteiger partial charge in [0.15, 0.2) is 11.8 Å². The minimum atomic E-state index is -0.868. The second-order valence-electron chi connectivity index (χ2n) is 2.87. The lowest BCUT2D eigenvalue weighted by Crippen LogP contribution is -2.26. The summed E-state index contributed by atoms with van der Waals surface area (Å²) in [4.78, 5) is 7.13. The molecule has 1 aromatic carbocycles. The van der Waals surface area contributed by atoms with E-state index in [0.29, 0.717) is 0 Å². The largest absolute Gasteiger partial charge is 0.370 e. The second-order valence-corrected chi connectivity index (χ2v) is 3.28. The zero-order valence-corrected chi connectivity index (χ0v) is 9.24. The molecule has 0 aliphatic carbocycles. The summed E-state index contributed by atoms with van der Waals surface area (Å²) in [7, 11) is 0. The Morgan fingerprint density at radius 3 is 2.53 bits per heavy atom. The van der Waals surface area contributed by atoms with Gasteiger partial charge in [-0.05, 0) is 12.1 Å². The smallest absolute Gasteiger partial charge is 0.223 e. The van der Waals surface area contributed by atoms with Gasteiger partial charge in [0.25, 0.3) is 0 Å². The Labute approximate surface area is 101 Å². The first-order valence-corrected chi connectivity index (χ1v) is 4.65. The van der Waals surface area contributed by atoms with Crippen molar-refractivity contribution in [3.63, 3.8) is 0 Å². The van der Waals surface area contributed by atoms with E-state index in [1.165, 1.54) is 12.1 Å². The molecule has 0 unspecified atom stereocenters. The minimum absolute atomic E-state index is 0.00287. The van der Waals surface area contributed by atoms with Crippen LogP contribution in [0.4, 0.5) is 10.1 Å². The van der Waals surface area contributed by atoms with Crippen LogP contribution in [0.3, 0.4) is 0 Å². The topological polar surface area (TPSA) is 127 Å². The summed E-state index contributed by atoms with van der Waals surface area (Å²) in [6, 6.07) is 4.21. The van der Waals surface area contributed by atoms with Gasteiger partial charge in [-0.15, -0.1) is 0 Å². The molecule has 0 spiro atoms. The van der Waals surface area contributed by atoms with E-state index in [2.05, 4.69) is 9.98 Å². The van der Waals surface area contributed by atoms with Crippen molar-refractivity contribution in [2.45, 2.75) is 0 Å². The van der Waals surface area contributed by atoms with E-state index >= 15 is 0 Å². The molecule has 0 heterocycles. The molecule has 0 bridgehead atoms. The Morgan fingerprint density at radius 1 is 1.35 bits per heavy atom. The van der Waals surface area contributed by atoms with Gasteiger partial charge in [0.2, 0.25) is 5.96 Å². The predicted molar refractivity (Wildman–Crippen MR) is 63.2 cm³/mol. The third kappa shape index (κ3) is 3.06. The highest BCUT2D eigenvalue weighted by Gasteiger charge is 2.11. The van der Waals surface area contributed by atoms with Crippen LogP contribution in [0.2, 0.25) is 5.02 Å². The van der Waals surface area contributed by atoms with E-state index in [1.54, 1.807) is 6.07 Å². The summed E-state index contributed by atoms with van der Waals surface area (Å²) in [5.74, 6) is -1.45. The third-order valence-electron chi connectivity index (χ3n) is 1.66. The van der Waals surface area contributed by atoms with Crippen molar-refractivity contribution in [2.75, 3.05) is 0 Å². The van der Waals surface area contributed by atoms with Crippen LogP contribution in [-0.2, 0) is 0 Å². The fraction of sp³-hybridized carbons (Fsp3) is 0. The number of hydrogen-bond acceptors (Lipinski definition) is 2. The van der Waals surface area contributed by atoms with Crippen LogP contribution in [-0.4, -0.2) is 11.9 Å². The summed E-state index contributed by atoms with van der Waals surface area (Å²) >= 11 is 5.51. The average Bonchev–Trinajstić information content (AvgIpc) is 2.23. The van der Waals surface area contributed by atoms with Crippen LogP contribution >= 0.6 is 11.6 Å². The van der Waals surface area contributed by atoms with Crippen molar-refractivity contribution in [3.05, 3.63) is 28.5 Å². The molecule has 0 atom stereocenters. The molecule has 6 N–H and O–H groups in total. The van der Waals surface area contributed by atoms with E-state index < -0.39 is 5.82 Å². The minimum Gasteiger partial charge on any atom is -0.370 e. The second kappa shape index (κ2) is 5.14. The number of benzene rings is 1. The maximum Gasteiger partial charge on any atom is 0.223 e. The van der Waals surface area contributed by atoms with Gasteiger partial charge in [0.1, 0.15) is 11.6 Å². The van der Waals surface area contributed by atoms with Crippen molar-refractivity contribution in [3.8, 4) is 6.07 Å². The molecule has 0 saturated heterocycles. The van der Waals surface area contributed by atoms with Gasteiger partial charge >= 0.3 is 0 Å². The molecule has 0 amide bonds. The molecule has 0 aliphatic rings. The number of nitrogens with zero attached hydrogens (tertiary/aromatic N) is 3. The molecule has 0 saturated carbocycles. The molecule has 0 radical (unpaired) electrons. The summed E-state index contributed by atoms with van der Waals surface area (Å²) < 4.78 is 13.4. The Balaban J connectivity index is 3.31. The summed E-state index contributed by atoms with van der Waals surface area (Å²) in [5, 5.41) is 8.59. The van der Waals surface area contributed by atoms with E-state index in [1.807, 2.05) is 0 Å². The van der Waals surface area contributed by atoms with Crippen LogP contribution < -0.4 is 17.2 Å². The quantitative estimate of drug-likeness (QED) is 0.500. The van der Waals surface area contributed by atoms with Crippen LogP contribution in [0.1, 0.15) is 5.56 Å². The highest BCUT2D eigenvalue weighted by molar-refractivity contribution is 6.31. The van der Waals surface area contributed by atoms with E-state index in [0.717, 1.165) is 0 Å². The van der Waals surface area contributed by atoms with Crippen LogP contribution in [0.15, 0.2) is 22.1 Å². The number of nitriles is 1. The van der Waals surface area contributed by atoms with Gasteiger partial charge in [0, 0.05) is 0 Å². The fourth-order valence-electron chi connectivity index (χ4n) is 1.02. The summed E-state index contributed by atoms with van der Waals surface area (Å²) in [5.41, 5.74) is 15.2. The Bertz CT molecular complexity index is 541. The number of hydrogen-bond donors (Lipinski definition) is 3. The lowest BCUT2D eigenvalue weighted by atomic mass is 10.2. The molecular formula is C9H8ClFN6. The monoisotopic (exact) mass is 254 g/mol. The van der Waals surface area contributed by atoms with Gasteiger partial charge in [0.05, 0.1) is 10.7 Å². The van der Waals surface area contributed by atoms with Crippen molar-refractivity contribution >= 4 is 29.2 Å². The lowest BCUT2D eigenvalue weighted by Gasteiger charge is -2.01. The van der Waals surface area contributed by atoms with Crippen molar-refractivity contribution < 1.29 is 4.39 Å². The SMILES string of the molecule is N#Cc1c(N=C(N)N=C(N)N)ccc(Cl)c1F. The highest BCUT2D eigenvalue weighted by Crippen LogP contribution is 2.26. The number of halogens is 2. The van der Waals surface area contributed by atoms with E-state index in [4.69, 9.17) is 34.1 Å². The third-order valence-corrected chi connectivity index (χ3v) is 1.96. The zero-order chi connectivity index (χ0) is 13.0. The van der Waals surface area contributed by atoms with E-state index in [9.17, 15) is 4.39 Å². The van der Waals surface area contributed by atoms with Crippen molar-refractivity contribution in [1.29, 1.82) is 5.26 Å². The first-order chi connectivity index (χ1) is 7.95. The fourth-order valence-corrected chi connectivity index (χ4v) is 1.18. The molecule has 6 nitrogen and oxygen atoms in total. The molecule has 0 fully saturated rings. The van der Waals surface area contributed by atoms with Gasteiger partial charge in [-0.25, -0.2) is 9.38 Å². The molecule has 1 aromatic rings. The molecule has 17 heavy (non-hydrogen) atoms. The Hall–Kier alpha value is -2.33. The molecule has 8 heteroatoms. The van der Waals surface area contributed by atoms with E-state index in [-0.39, 0.29) is 28.2 Å². The first kappa shape index (κ1) is 12.7. The Morgan fingerprint density at radius 2 is 2.00 bits per heavy atom. The van der Waals surface area contributed by atoms with Crippen molar-refractivity contribution in [2.24, 2.45) is 27.2 Å². The highest BCUT2D eigenvalue weighted by atomic mass is 35.5. The molecule has 1 rings (SSSR count). The van der Waals surface area contributed by atoms with Gasteiger partial charge in [-0.1, -0.05) is 11.6 Å². The van der Waals surface area contributed by atoms with Crippen molar-refractivity contribution in [1.82, 2.24) is 0 Å². The van der Waals surface area contributed by atoms with Crippen LogP contribution in [0.25, 0.3) is 0 Å². The van der Waals surface area contributed by atoms with Gasteiger partial charge in [-0.2, -0.15) is 10.3 Å². The number of guanidine groups is 2. The molecule has 88 valence electrons. The first-order valence-electron chi connectivity index (χ1n) is 4.27. The van der Waals surface area contributed by atoms with Gasteiger partial charge < -0.3 is 17.2 Å². The lowest BCUT2D eigenvalue weighted by molar-refractivity contribution is 0.625.